The van der Waals surface area contributed by atoms with Gasteiger partial charge in [0.2, 0.25) is 0 Å². The van der Waals surface area contributed by atoms with Crippen molar-refractivity contribution in [1.82, 2.24) is 29.7 Å². The van der Waals surface area contributed by atoms with Gasteiger partial charge in [-0.1, -0.05) is 30.0 Å². The first kappa shape index (κ1) is 25.0. The number of hydrogen-bond donors (Lipinski definition) is 2. The Labute approximate surface area is 231 Å². The van der Waals surface area contributed by atoms with Crippen molar-refractivity contribution in [1.29, 1.82) is 0 Å². The average Bonchev–Trinajstić information content (AvgIpc) is 3.38. The maximum Gasteiger partial charge on any atom is 0.270 e. The van der Waals surface area contributed by atoms with Crippen molar-refractivity contribution in [2.75, 3.05) is 26.3 Å². The summed E-state index contributed by atoms with van der Waals surface area (Å²) in [6, 6.07) is 12.9. The smallest absolute Gasteiger partial charge is 0.270 e. The van der Waals surface area contributed by atoms with Crippen LogP contribution in [0.25, 0.3) is 10.9 Å². The van der Waals surface area contributed by atoms with E-state index in [1.165, 1.54) is 0 Å². The van der Waals surface area contributed by atoms with Crippen molar-refractivity contribution in [2.24, 2.45) is 11.3 Å². The van der Waals surface area contributed by atoms with Gasteiger partial charge in [-0.2, -0.15) is 0 Å². The Morgan fingerprint density at radius 2 is 2.15 bits per heavy atom. The van der Waals surface area contributed by atoms with Gasteiger partial charge in [-0.25, -0.2) is 18.7 Å². The largest absolute Gasteiger partial charge is 0.356 e. The third-order valence-corrected chi connectivity index (χ3v) is 8.46. The molecule has 1 aromatic carbocycles. The molecule has 4 atom stereocenters. The maximum absolute atomic E-state index is 14.3. The first-order valence-electron chi connectivity index (χ1n) is 13.8. The first-order chi connectivity index (χ1) is 19.4. The van der Waals surface area contributed by atoms with E-state index in [1.807, 2.05) is 47.9 Å². The van der Waals surface area contributed by atoms with Gasteiger partial charge in [0.15, 0.2) is 0 Å². The van der Waals surface area contributed by atoms with Gasteiger partial charge in [-0.15, -0.1) is 0 Å². The van der Waals surface area contributed by atoms with Crippen molar-refractivity contribution in [3.8, 4) is 11.8 Å². The van der Waals surface area contributed by atoms with Crippen LogP contribution >= 0.6 is 0 Å². The Balaban J connectivity index is 1.18. The highest BCUT2D eigenvalue weighted by molar-refractivity contribution is 5.93. The van der Waals surface area contributed by atoms with Gasteiger partial charge in [0.1, 0.15) is 24.6 Å². The monoisotopic (exact) mass is 540 g/mol. The summed E-state index contributed by atoms with van der Waals surface area (Å²) in [6.07, 6.45) is 1.98. The lowest BCUT2D eigenvalue weighted by Crippen LogP contribution is -2.31. The number of nitrogens with zero attached hydrogens (tertiary/aromatic N) is 4. The molecule has 2 N–H and O–H groups in total. The Morgan fingerprint density at radius 1 is 1.27 bits per heavy atom. The molecule has 0 unspecified atom stereocenters. The van der Waals surface area contributed by atoms with E-state index >= 15 is 0 Å². The van der Waals surface area contributed by atoms with Crippen molar-refractivity contribution in [2.45, 2.75) is 38.5 Å². The molecular weight excluding hydrogens is 510 g/mol. The number of aryl methyl sites for hydroxylation is 1. The summed E-state index contributed by atoms with van der Waals surface area (Å²) >= 11 is 0. The van der Waals surface area contributed by atoms with Crippen molar-refractivity contribution in [3.63, 3.8) is 0 Å². The third-order valence-electron chi connectivity index (χ3n) is 8.46. The van der Waals surface area contributed by atoms with Crippen LogP contribution in [0.3, 0.4) is 0 Å². The summed E-state index contributed by atoms with van der Waals surface area (Å²) in [5, 5.41) is 4.13. The lowest BCUT2D eigenvalue weighted by molar-refractivity contribution is 0.0936. The van der Waals surface area contributed by atoms with Gasteiger partial charge in [0, 0.05) is 59.6 Å². The maximum atomic E-state index is 14.3. The van der Waals surface area contributed by atoms with Crippen LogP contribution in [-0.4, -0.2) is 62.8 Å². The van der Waals surface area contributed by atoms with Gasteiger partial charge in [-0.05, 0) is 48.9 Å². The number of H-pyrrole nitrogens is 1. The number of amides is 1. The number of piperidine rings is 1. The highest BCUT2D eigenvalue weighted by Gasteiger charge is 2.58. The highest BCUT2D eigenvalue weighted by Crippen LogP contribution is 2.57. The number of fused-ring (bicyclic) bond motifs is 3. The molecule has 9 heteroatoms. The van der Waals surface area contributed by atoms with Crippen molar-refractivity contribution >= 4 is 16.8 Å². The molecule has 1 saturated carbocycles. The van der Waals surface area contributed by atoms with Crippen LogP contribution in [0.1, 0.15) is 51.3 Å². The highest BCUT2D eigenvalue weighted by atomic mass is 19.1. The molecule has 0 spiro atoms. The summed E-state index contributed by atoms with van der Waals surface area (Å²) in [6.45, 7) is 3.93. The number of hydrogen-bond acceptors (Lipinski definition) is 4. The predicted molar refractivity (Wildman–Crippen MR) is 147 cm³/mol. The molecule has 2 fully saturated rings. The molecule has 4 aromatic rings. The van der Waals surface area contributed by atoms with E-state index in [4.69, 9.17) is 0 Å². The zero-order valence-corrected chi connectivity index (χ0v) is 22.3. The molecule has 7 rings (SSSR count). The second kappa shape index (κ2) is 9.56. The zero-order chi connectivity index (χ0) is 27.4. The molecular formula is C31H30F2N6O. The van der Waals surface area contributed by atoms with E-state index in [9.17, 15) is 13.6 Å². The molecule has 3 aromatic heterocycles. The van der Waals surface area contributed by atoms with Gasteiger partial charge < -0.3 is 14.9 Å². The number of aromatic amines is 1. The number of aromatic nitrogens is 4. The molecule has 0 radical (unpaired) electrons. The molecule has 5 heterocycles. The van der Waals surface area contributed by atoms with Gasteiger partial charge >= 0.3 is 0 Å². The fourth-order valence-corrected chi connectivity index (χ4v) is 6.41. The fourth-order valence-electron chi connectivity index (χ4n) is 6.41. The minimum absolute atomic E-state index is 0.0642. The molecule has 1 amide bonds. The number of carbonyl (C=O) groups is 1. The molecule has 204 valence electrons. The summed E-state index contributed by atoms with van der Waals surface area (Å²) < 4.78 is 28.9. The third kappa shape index (κ3) is 4.46. The standard InChI is InChI=1S/C31H30F2N6O/c1-19-10-20(6-7-31-14-22(31)15-38(17-31)9-8-32)11-26(35-19)30(40)37-28(25-12-21-4-2-3-5-24(21)36-25)29-27-13-23(33)16-39(27)18-34-29/h2-5,10-12,18,22-23,28,36H,8-9,13-17H2,1H3,(H,37,40)/t22-,23+,28+,31+/m0/s1. The van der Waals surface area contributed by atoms with Crippen LogP contribution in [0, 0.1) is 30.1 Å². The Morgan fingerprint density at radius 3 is 3.00 bits per heavy atom. The number of imidazole rings is 1. The normalized spacial score (nSPS) is 23.9. The quantitative estimate of drug-likeness (QED) is 0.361. The number of para-hydroxylation sites is 1. The van der Waals surface area contributed by atoms with E-state index in [2.05, 4.69) is 37.0 Å². The predicted octanol–water partition coefficient (Wildman–Crippen LogP) is 4.12. The summed E-state index contributed by atoms with van der Waals surface area (Å²) in [7, 11) is 0. The van der Waals surface area contributed by atoms with Crippen molar-refractivity contribution < 1.29 is 13.6 Å². The Bertz CT molecular complexity index is 1650. The van der Waals surface area contributed by atoms with Crippen LogP contribution in [0.15, 0.2) is 48.8 Å². The molecule has 7 nitrogen and oxygen atoms in total. The second-order valence-corrected chi connectivity index (χ2v) is 11.4. The second-order valence-electron chi connectivity index (χ2n) is 11.4. The average molecular weight is 541 g/mol. The van der Waals surface area contributed by atoms with E-state index in [1.54, 1.807) is 12.4 Å². The fraction of sp³-hybridized carbons (Fsp3) is 0.387. The van der Waals surface area contributed by atoms with Gasteiger partial charge in [0.05, 0.1) is 18.6 Å². The van der Waals surface area contributed by atoms with Gasteiger partial charge in [0.25, 0.3) is 5.91 Å². The molecule has 1 aliphatic carbocycles. The minimum atomic E-state index is -0.968. The lowest BCUT2D eigenvalue weighted by atomic mass is 10.0. The Hall–Kier alpha value is -4.03. The van der Waals surface area contributed by atoms with Crippen LogP contribution in [0.5, 0.6) is 0 Å². The van der Waals surface area contributed by atoms with Crippen LogP contribution in [0.2, 0.25) is 0 Å². The number of alkyl halides is 2. The van der Waals surface area contributed by atoms with E-state index in [-0.39, 0.29) is 36.7 Å². The number of carbonyl (C=O) groups excluding carboxylic acids is 1. The number of likely N-dealkylation sites (tertiary alicyclic amines) is 1. The molecule has 40 heavy (non-hydrogen) atoms. The number of nitrogens with one attached hydrogen (secondary N) is 2. The van der Waals surface area contributed by atoms with Crippen LogP contribution in [-0.2, 0) is 13.0 Å². The van der Waals surface area contributed by atoms with Crippen molar-refractivity contribution in [3.05, 3.63) is 82.8 Å². The van der Waals surface area contributed by atoms with E-state index in [0.717, 1.165) is 47.4 Å². The number of rotatable bonds is 6. The summed E-state index contributed by atoms with van der Waals surface area (Å²) in [4.78, 5) is 28.3. The minimum Gasteiger partial charge on any atom is -0.356 e. The number of pyridine rings is 1. The molecule has 3 aliphatic rings. The summed E-state index contributed by atoms with van der Waals surface area (Å²) in [5.41, 5.74) is 4.75. The molecule has 0 bridgehead atoms. The van der Waals surface area contributed by atoms with Crippen LogP contribution in [0.4, 0.5) is 8.78 Å². The van der Waals surface area contributed by atoms with E-state index < -0.39 is 12.2 Å². The zero-order valence-electron chi connectivity index (χ0n) is 22.3. The topological polar surface area (TPSA) is 78.8 Å². The Kier molecular flexibility index (Phi) is 5.97. The van der Waals surface area contributed by atoms with Gasteiger partial charge in [-0.3, -0.25) is 9.69 Å². The van der Waals surface area contributed by atoms with Crippen LogP contribution < -0.4 is 5.32 Å². The number of benzene rings is 1. The molecule has 1 saturated heterocycles. The lowest BCUT2D eigenvalue weighted by Gasteiger charge is -2.17. The van der Waals surface area contributed by atoms with E-state index in [0.29, 0.717) is 23.9 Å². The summed E-state index contributed by atoms with van der Waals surface area (Å²) in [5.74, 6) is 6.86. The SMILES string of the molecule is Cc1cc(C#C[C@]23C[C@H]2CN(CCF)C3)cc(C(=O)N[C@H](c2cc3ccccc3[nH]2)c2ncn3c2C[C@@H](F)C3)n1. The first-order valence-corrected chi connectivity index (χ1v) is 13.8. The molecule has 2 aliphatic heterocycles. The number of halogens is 2.